The molecule has 1 N–H and O–H groups in total. The van der Waals surface area contributed by atoms with E-state index >= 15 is 0 Å². The first-order valence-electron chi connectivity index (χ1n) is 9.48. The molecule has 7 nitrogen and oxygen atoms in total. The van der Waals surface area contributed by atoms with Gasteiger partial charge in [0.1, 0.15) is 6.54 Å². The topological polar surface area (TPSA) is 66.1 Å². The molecule has 2 aliphatic heterocycles. The van der Waals surface area contributed by atoms with Crippen LogP contribution in [0.15, 0.2) is 15.6 Å². The van der Waals surface area contributed by atoms with Gasteiger partial charge in [-0.15, -0.1) is 0 Å². The van der Waals surface area contributed by atoms with Gasteiger partial charge in [-0.1, -0.05) is 19.0 Å². The first-order chi connectivity index (χ1) is 12.2. The van der Waals surface area contributed by atoms with Crippen LogP contribution in [0.25, 0.3) is 0 Å². The smallest absolute Gasteiger partial charge is 0.194 e. The third-order valence-electron chi connectivity index (χ3n) is 4.91. The highest BCUT2D eigenvalue weighted by Gasteiger charge is 2.30. The Hall–Kier alpha value is -1.60. The summed E-state index contributed by atoms with van der Waals surface area (Å²) in [5.74, 6) is 2.17. The fraction of sp³-hybridized carbons (Fsp3) is 0.778. The summed E-state index contributed by atoms with van der Waals surface area (Å²) in [5.41, 5.74) is 0.990. The molecule has 0 radical (unpaired) electrons. The second-order valence-corrected chi connectivity index (χ2v) is 7.08. The van der Waals surface area contributed by atoms with E-state index in [1.165, 1.54) is 6.42 Å². The lowest BCUT2D eigenvalue weighted by Crippen LogP contribution is -2.46. The van der Waals surface area contributed by atoms with Crippen molar-refractivity contribution in [3.63, 3.8) is 0 Å². The Bertz CT molecular complexity index is 566. The summed E-state index contributed by atoms with van der Waals surface area (Å²) in [6, 6.07) is 2.61. The number of aromatic nitrogens is 1. The Balaban J connectivity index is 1.60. The highest BCUT2D eigenvalue weighted by Crippen LogP contribution is 2.18. The van der Waals surface area contributed by atoms with Crippen LogP contribution >= 0.6 is 0 Å². The lowest BCUT2D eigenvalue weighted by Gasteiger charge is -2.32. The van der Waals surface area contributed by atoms with Gasteiger partial charge in [0.05, 0.1) is 18.9 Å². The molecule has 1 aromatic heterocycles. The van der Waals surface area contributed by atoms with Crippen LogP contribution in [-0.4, -0.2) is 72.9 Å². The van der Waals surface area contributed by atoms with Gasteiger partial charge in [0.15, 0.2) is 11.7 Å². The van der Waals surface area contributed by atoms with Crippen molar-refractivity contribution < 1.29 is 9.26 Å². The highest BCUT2D eigenvalue weighted by atomic mass is 16.5. The van der Waals surface area contributed by atoms with Crippen molar-refractivity contribution in [3.8, 4) is 0 Å². The van der Waals surface area contributed by atoms with Crippen LogP contribution in [0.5, 0.6) is 0 Å². The van der Waals surface area contributed by atoms with Gasteiger partial charge in [0.25, 0.3) is 0 Å². The van der Waals surface area contributed by atoms with Crippen LogP contribution in [0.2, 0.25) is 0 Å². The van der Waals surface area contributed by atoms with Gasteiger partial charge in [0.2, 0.25) is 0 Å². The molecule has 2 fully saturated rings. The number of likely N-dealkylation sites (tertiary alicyclic amines) is 1. The number of rotatable bonds is 5. The summed E-state index contributed by atoms with van der Waals surface area (Å²) in [5, 5.41) is 7.53. The molecule has 25 heavy (non-hydrogen) atoms. The minimum absolute atomic E-state index is 0.377. The van der Waals surface area contributed by atoms with Crippen LogP contribution in [0.3, 0.4) is 0 Å². The van der Waals surface area contributed by atoms with Gasteiger partial charge in [-0.05, 0) is 19.3 Å². The van der Waals surface area contributed by atoms with Gasteiger partial charge in [-0.2, -0.15) is 0 Å². The lowest BCUT2D eigenvalue weighted by molar-refractivity contribution is 0.0195. The first kappa shape index (κ1) is 18.2. The maximum atomic E-state index is 5.47. The molecule has 1 atom stereocenters. The van der Waals surface area contributed by atoms with Gasteiger partial charge >= 0.3 is 0 Å². The van der Waals surface area contributed by atoms with E-state index in [1.807, 2.05) is 6.07 Å². The second-order valence-electron chi connectivity index (χ2n) is 7.08. The van der Waals surface area contributed by atoms with E-state index in [4.69, 9.17) is 14.3 Å². The average Bonchev–Trinajstić information content (AvgIpc) is 3.29. The highest BCUT2D eigenvalue weighted by molar-refractivity contribution is 5.80. The molecule has 2 saturated heterocycles. The van der Waals surface area contributed by atoms with E-state index in [0.29, 0.717) is 18.5 Å². The molecule has 1 aromatic rings. The number of nitrogens with one attached hydrogen (secondary N) is 1. The Morgan fingerprint density at radius 1 is 1.36 bits per heavy atom. The van der Waals surface area contributed by atoms with Crippen molar-refractivity contribution in [2.45, 2.75) is 45.7 Å². The minimum atomic E-state index is 0.377. The Labute approximate surface area is 150 Å². The number of aliphatic imine (C=N–C) groups is 1. The predicted octanol–water partition coefficient (Wildman–Crippen LogP) is 1.67. The van der Waals surface area contributed by atoms with Crippen LogP contribution in [0.4, 0.5) is 0 Å². The maximum Gasteiger partial charge on any atom is 0.194 e. The summed E-state index contributed by atoms with van der Waals surface area (Å²) >= 11 is 0. The number of hydrogen-bond donors (Lipinski definition) is 1. The zero-order valence-electron chi connectivity index (χ0n) is 15.7. The third kappa shape index (κ3) is 4.73. The number of nitrogens with zero attached hydrogens (tertiary/aromatic N) is 4. The van der Waals surface area contributed by atoms with Crippen molar-refractivity contribution in [2.24, 2.45) is 4.99 Å². The summed E-state index contributed by atoms with van der Waals surface area (Å²) in [6.07, 6.45) is 1.18. The van der Waals surface area contributed by atoms with Gasteiger partial charge in [-0.25, -0.2) is 4.99 Å². The van der Waals surface area contributed by atoms with Crippen molar-refractivity contribution >= 4 is 5.96 Å². The molecule has 3 rings (SSSR count). The number of hydrogen-bond acceptors (Lipinski definition) is 5. The molecule has 0 bridgehead atoms. The summed E-state index contributed by atoms with van der Waals surface area (Å²) in [7, 11) is 0. The summed E-state index contributed by atoms with van der Waals surface area (Å²) < 4.78 is 10.9. The molecular weight excluding hydrogens is 318 g/mol. The van der Waals surface area contributed by atoms with E-state index in [1.54, 1.807) is 0 Å². The normalized spacial score (nSPS) is 22.8. The lowest BCUT2D eigenvalue weighted by atomic mass is 10.1. The fourth-order valence-corrected chi connectivity index (χ4v) is 3.43. The molecular formula is C18H31N5O2. The van der Waals surface area contributed by atoms with Gasteiger partial charge < -0.3 is 19.5 Å². The molecule has 0 saturated carbocycles. The number of ether oxygens (including phenoxy) is 1. The monoisotopic (exact) mass is 349 g/mol. The minimum Gasteiger partial charge on any atom is -0.379 e. The van der Waals surface area contributed by atoms with Crippen molar-refractivity contribution in [1.29, 1.82) is 0 Å². The number of morpholine rings is 1. The van der Waals surface area contributed by atoms with Crippen molar-refractivity contribution in [3.05, 3.63) is 17.5 Å². The SMILES string of the molecule is CCNC(=NCc1cc(C(C)C)no1)N1CCC(N2CCOCC2)C1. The van der Waals surface area contributed by atoms with E-state index in [9.17, 15) is 0 Å². The summed E-state index contributed by atoms with van der Waals surface area (Å²) in [6.45, 7) is 13.6. The molecule has 0 aromatic carbocycles. The predicted molar refractivity (Wildman–Crippen MR) is 97.8 cm³/mol. The second kappa shape index (κ2) is 8.67. The van der Waals surface area contributed by atoms with E-state index < -0.39 is 0 Å². The first-order valence-corrected chi connectivity index (χ1v) is 9.48. The molecule has 2 aliphatic rings. The Kier molecular flexibility index (Phi) is 6.31. The zero-order valence-corrected chi connectivity index (χ0v) is 15.7. The van der Waals surface area contributed by atoms with E-state index in [-0.39, 0.29) is 0 Å². The zero-order chi connectivity index (χ0) is 17.6. The summed E-state index contributed by atoms with van der Waals surface area (Å²) in [4.78, 5) is 9.69. The Morgan fingerprint density at radius 2 is 2.16 bits per heavy atom. The van der Waals surface area contributed by atoms with E-state index in [2.05, 4.69) is 41.0 Å². The van der Waals surface area contributed by atoms with Crippen LogP contribution in [0, 0.1) is 0 Å². The molecule has 1 unspecified atom stereocenters. The molecule has 140 valence electrons. The van der Waals surface area contributed by atoms with Gasteiger partial charge in [-0.3, -0.25) is 4.90 Å². The quantitative estimate of drug-likeness (QED) is 0.644. The van der Waals surface area contributed by atoms with Crippen LogP contribution < -0.4 is 5.32 Å². The Morgan fingerprint density at radius 3 is 2.84 bits per heavy atom. The van der Waals surface area contributed by atoms with Crippen molar-refractivity contribution in [1.82, 2.24) is 20.3 Å². The largest absolute Gasteiger partial charge is 0.379 e. The standard InChI is InChI=1S/C18H31N5O2/c1-4-19-18(20-12-16-11-17(14(2)3)21-25-16)23-6-5-15(13-23)22-7-9-24-10-8-22/h11,14-15H,4-10,12-13H2,1-3H3,(H,19,20). The third-order valence-corrected chi connectivity index (χ3v) is 4.91. The van der Waals surface area contributed by atoms with Gasteiger partial charge in [0, 0.05) is 44.8 Å². The molecule has 0 aliphatic carbocycles. The molecule has 0 spiro atoms. The van der Waals surface area contributed by atoms with E-state index in [0.717, 1.165) is 63.4 Å². The molecule has 0 amide bonds. The fourth-order valence-electron chi connectivity index (χ4n) is 3.43. The molecule has 3 heterocycles. The maximum absolute atomic E-state index is 5.47. The molecule has 7 heteroatoms. The van der Waals surface area contributed by atoms with Crippen LogP contribution in [-0.2, 0) is 11.3 Å². The number of guanidine groups is 1. The van der Waals surface area contributed by atoms with Crippen LogP contribution in [0.1, 0.15) is 44.6 Å². The average molecular weight is 349 g/mol. The van der Waals surface area contributed by atoms with Crippen molar-refractivity contribution in [2.75, 3.05) is 45.9 Å².